The molecule has 4 N–H and O–H groups in total. The highest BCUT2D eigenvalue weighted by molar-refractivity contribution is 5.87. The monoisotopic (exact) mass is 404 g/mol. The van der Waals surface area contributed by atoms with Crippen LogP contribution in [0.4, 0.5) is 0 Å². The van der Waals surface area contributed by atoms with Crippen molar-refractivity contribution in [3.05, 3.63) is 71.8 Å². The van der Waals surface area contributed by atoms with E-state index in [4.69, 9.17) is 20.4 Å². The zero-order valence-corrected chi connectivity index (χ0v) is 16.7. The van der Waals surface area contributed by atoms with E-state index >= 15 is 0 Å². The lowest BCUT2D eigenvalue weighted by molar-refractivity contribution is 0.0686. The molecule has 0 atom stereocenters. The number of carbonyl (C=O) groups is 2. The molecule has 6 heteroatoms. The highest BCUT2D eigenvalue weighted by atomic mass is 16.4. The van der Waals surface area contributed by atoms with Crippen LogP contribution in [0.3, 0.4) is 0 Å². The van der Waals surface area contributed by atoms with Gasteiger partial charge in [-0.2, -0.15) is 0 Å². The van der Waals surface area contributed by atoms with Crippen molar-refractivity contribution in [3.63, 3.8) is 0 Å². The van der Waals surface area contributed by atoms with Crippen molar-refractivity contribution >= 4 is 11.9 Å². The second kappa shape index (κ2) is 18.7. The summed E-state index contributed by atoms with van der Waals surface area (Å²) in [6.07, 6.45) is 7.89. The molecule has 2 rings (SSSR count). The van der Waals surface area contributed by atoms with Crippen LogP contribution in [0.15, 0.2) is 60.7 Å². The number of hydrogen-bond acceptors (Lipinski definition) is 4. The molecule has 0 radical (unpaired) electrons. The summed E-state index contributed by atoms with van der Waals surface area (Å²) in [6.45, 7) is 0.660. The second-order valence-electron chi connectivity index (χ2n) is 6.26. The zero-order valence-electron chi connectivity index (χ0n) is 16.7. The van der Waals surface area contributed by atoms with E-state index in [0.29, 0.717) is 24.3 Å². The predicted octanol–water partition coefficient (Wildman–Crippen LogP) is 4.47. The molecule has 0 saturated carbocycles. The number of carboxylic acid groups (broad SMARTS) is 2. The van der Waals surface area contributed by atoms with Crippen molar-refractivity contribution in [2.24, 2.45) is 0 Å². The van der Waals surface area contributed by atoms with Gasteiger partial charge in [0, 0.05) is 13.2 Å². The first-order chi connectivity index (χ1) is 14.0. The lowest BCUT2D eigenvalue weighted by Gasteiger charge is -1.98. The Kier molecular flexibility index (Phi) is 16.9. The third-order valence-corrected chi connectivity index (χ3v) is 3.86. The summed E-state index contributed by atoms with van der Waals surface area (Å²) in [5, 5.41) is 33.7. The van der Waals surface area contributed by atoms with Crippen molar-refractivity contribution in [1.29, 1.82) is 0 Å². The molecule has 0 saturated heterocycles. The number of carboxylic acids is 2. The highest BCUT2D eigenvalue weighted by Crippen LogP contribution is 2.06. The van der Waals surface area contributed by atoms with Crippen molar-refractivity contribution in [3.8, 4) is 0 Å². The molecule has 0 amide bonds. The van der Waals surface area contributed by atoms with Crippen LogP contribution in [0.1, 0.15) is 65.7 Å². The number of aliphatic hydroxyl groups is 2. The van der Waals surface area contributed by atoms with E-state index in [9.17, 15) is 9.59 Å². The Labute approximate surface area is 172 Å². The van der Waals surface area contributed by atoms with Crippen molar-refractivity contribution in [2.45, 2.75) is 44.9 Å². The number of rotatable bonds is 10. The van der Waals surface area contributed by atoms with Gasteiger partial charge in [-0.3, -0.25) is 0 Å². The fourth-order valence-electron chi connectivity index (χ4n) is 2.27. The molecule has 0 aliphatic heterocycles. The van der Waals surface area contributed by atoms with Crippen LogP contribution in [0.25, 0.3) is 0 Å². The van der Waals surface area contributed by atoms with E-state index in [-0.39, 0.29) is 0 Å². The first-order valence-electron chi connectivity index (χ1n) is 9.81. The first kappa shape index (κ1) is 26.3. The van der Waals surface area contributed by atoms with Crippen molar-refractivity contribution < 1.29 is 30.0 Å². The third kappa shape index (κ3) is 16.0. The number of benzene rings is 2. The van der Waals surface area contributed by atoms with E-state index in [1.165, 1.54) is 19.3 Å². The molecule has 2 aromatic rings. The Hall–Kier alpha value is -2.70. The average molecular weight is 405 g/mol. The van der Waals surface area contributed by atoms with Crippen LogP contribution in [-0.4, -0.2) is 45.6 Å². The van der Waals surface area contributed by atoms with Crippen molar-refractivity contribution in [2.75, 3.05) is 13.2 Å². The van der Waals surface area contributed by atoms with E-state index < -0.39 is 11.9 Å². The van der Waals surface area contributed by atoms with Crippen LogP contribution >= 0.6 is 0 Å². The number of aliphatic hydroxyl groups excluding tert-OH is 2. The minimum atomic E-state index is -0.879. The summed E-state index contributed by atoms with van der Waals surface area (Å²) in [4.78, 5) is 20.4. The Morgan fingerprint density at radius 2 is 0.793 bits per heavy atom. The summed E-state index contributed by atoms with van der Waals surface area (Å²) >= 11 is 0. The Morgan fingerprint density at radius 3 is 1.00 bits per heavy atom. The molecule has 6 nitrogen and oxygen atoms in total. The van der Waals surface area contributed by atoms with Crippen LogP contribution in [0.2, 0.25) is 0 Å². The quantitative estimate of drug-likeness (QED) is 0.434. The van der Waals surface area contributed by atoms with Crippen LogP contribution in [-0.2, 0) is 0 Å². The smallest absolute Gasteiger partial charge is 0.335 e. The molecule has 160 valence electrons. The summed E-state index contributed by atoms with van der Waals surface area (Å²) in [5.74, 6) is -1.76. The molecule has 2 aromatic carbocycles. The molecule has 0 fully saturated rings. The van der Waals surface area contributed by atoms with E-state index in [1.807, 2.05) is 0 Å². The topological polar surface area (TPSA) is 115 Å². The van der Waals surface area contributed by atoms with Crippen LogP contribution < -0.4 is 0 Å². The molecule has 0 unspecified atom stereocenters. The maximum atomic E-state index is 10.2. The van der Waals surface area contributed by atoms with Gasteiger partial charge in [0.25, 0.3) is 0 Å². The minimum Gasteiger partial charge on any atom is -0.478 e. The van der Waals surface area contributed by atoms with Gasteiger partial charge in [0.1, 0.15) is 0 Å². The van der Waals surface area contributed by atoms with Gasteiger partial charge in [0.05, 0.1) is 11.1 Å². The van der Waals surface area contributed by atoms with Crippen molar-refractivity contribution in [1.82, 2.24) is 0 Å². The fourth-order valence-corrected chi connectivity index (χ4v) is 2.27. The number of unbranched alkanes of at least 4 members (excludes halogenated alkanes) is 6. The van der Waals surface area contributed by atoms with Gasteiger partial charge in [0.2, 0.25) is 0 Å². The largest absolute Gasteiger partial charge is 0.478 e. The lowest BCUT2D eigenvalue weighted by atomic mass is 10.1. The SMILES string of the molecule is O=C(O)c1ccccc1.O=C(O)c1ccccc1.OCCCCCCCCCO. The summed E-state index contributed by atoms with van der Waals surface area (Å²) in [7, 11) is 0. The van der Waals surface area contributed by atoms with Gasteiger partial charge in [-0.1, -0.05) is 68.5 Å². The van der Waals surface area contributed by atoms with Gasteiger partial charge in [0.15, 0.2) is 0 Å². The first-order valence-corrected chi connectivity index (χ1v) is 9.81. The molecule has 0 heterocycles. The maximum absolute atomic E-state index is 10.2. The molecule has 0 aliphatic carbocycles. The molecule has 29 heavy (non-hydrogen) atoms. The zero-order chi connectivity index (χ0) is 21.7. The third-order valence-electron chi connectivity index (χ3n) is 3.86. The lowest BCUT2D eigenvalue weighted by Crippen LogP contribution is -1.93. The average Bonchev–Trinajstić information content (AvgIpc) is 2.75. The van der Waals surface area contributed by atoms with Crippen LogP contribution in [0.5, 0.6) is 0 Å². The fraction of sp³-hybridized carbons (Fsp3) is 0.391. The number of aromatic carboxylic acids is 2. The maximum Gasteiger partial charge on any atom is 0.335 e. The van der Waals surface area contributed by atoms with Gasteiger partial charge < -0.3 is 20.4 Å². The summed E-state index contributed by atoms with van der Waals surface area (Å²) in [5.41, 5.74) is 0.662. The molecule has 0 aromatic heterocycles. The molecule has 0 bridgehead atoms. The number of hydrogen-bond donors (Lipinski definition) is 4. The second-order valence-corrected chi connectivity index (χ2v) is 6.26. The van der Waals surface area contributed by atoms with Gasteiger partial charge in [-0.25, -0.2) is 9.59 Å². The summed E-state index contributed by atoms with van der Waals surface area (Å²) in [6, 6.07) is 16.6. The molecular weight excluding hydrogens is 372 g/mol. The Morgan fingerprint density at radius 1 is 0.517 bits per heavy atom. The van der Waals surface area contributed by atoms with Gasteiger partial charge in [-0.05, 0) is 37.1 Å². The standard InChI is InChI=1S/C9H20O2.2C7H6O2/c10-8-6-4-2-1-3-5-7-9-11;2*8-7(9)6-4-2-1-3-5-6/h10-11H,1-9H2;2*1-5H,(H,8,9). The highest BCUT2D eigenvalue weighted by Gasteiger charge is 1.97. The van der Waals surface area contributed by atoms with Gasteiger partial charge >= 0.3 is 11.9 Å². The minimum absolute atomic E-state index is 0.330. The normalized spacial score (nSPS) is 9.45. The molecular formula is C23H32O6. The van der Waals surface area contributed by atoms with E-state index in [0.717, 1.165) is 25.7 Å². The van der Waals surface area contributed by atoms with E-state index in [1.54, 1.807) is 60.7 Å². The molecule has 0 spiro atoms. The van der Waals surface area contributed by atoms with E-state index in [2.05, 4.69) is 0 Å². The van der Waals surface area contributed by atoms with Gasteiger partial charge in [-0.15, -0.1) is 0 Å². The Balaban J connectivity index is 0.000000408. The predicted molar refractivity (Wildman–Crippen MR) is 113 cm³/mol. The van der Waals surface area contributed by atoms with Crippen LogP contribution in [0, 0.1) is 0 Å². The summed E-state index contributed by atoms with van der Waals surface area (Å²) < 4.78 is 0. The Bertz CT molecular complexity index is 585. The molecule has 0 aliphatic rings.